The molecule has 1 saturated heterocycles. The number of aliphatic hydroxyl groups excluding tert-OH is 1. The van der Waals surface area contributed by atoms with Crippen LogP contribution in [0.5, 0.6) is 0 Å². The zero-order chi connectivity index (χ0) is 16.4. The Kier molecular flexibility index (Phi) is 4.52. The highest BCUT2D eigenvalue weighted by Gasteiger charge is 2.24. The predicted molar refractivity (Wildman–Crippen MR) is 88.3 cm³/mol. The van der Waals surface area contributed by atoms with E-state index in [1.807, 2.05) is 31.2 Å². The van der Waals surface area contributed by atoms with E-state index in [0.29, 0.717) is 32.6 Å². The van der Waals surface area contributed by atoms with Crippen molar-refractivity contribution < 1.29 is 9.90 Å². The van der Waals surface area contributed by atoms with Gasteiger partial charge in [-0.3, -0.25) is 13.9 Å². The van der Waals surface area contributed by atoms with E-state index < -0.39 is 6.10 Å². The van der Waals surface area contributed by atoms with Crippen LogP contribution < -0.4 is 5.69 Å². The van der Waals surface area contributed by atoms with Crippen molar-refractivity contribution in [3.8, 4) is 0 Å². The molecule has 2 aromatic rings. The third-order valence-electron chi connectivity index (χ3n) is 4.44. The van der Waals surface area contributed by atoms with Gasteiger partial charge in [0.15, 0.2) is 0 Å². The van der Waals surface area contributed by atoms with Gasteiger partial charge in [-0.25, -0.2) is 4.79 Å². The number of aliphatic hydroxyl groups is 1. The van der Waals surface area contributed by atoms with E-state index in [1.165, 1.54) is 0 Å². The first-order chi connectivity index (χ1) is 11.1. The molecule has 0 radical (unpaired) electrons. The van der Waals surface area contributed by atoms with E-state index >= 15 is 0 Å². The number of benzene rings is 1. The molecule has 6 heteroatoms. The van der Waals surface area contributed by atoms with Gasteiger partial charge in [-0.15, -0.1) is 0 Å². The number of aryl methyl sites for hydroxylation is 2. The van der Waals surface area contributed by atoms with Gasteiger partial charge in [-0.05, 0) is 25.0 Å². The first-order valence-corrected chi connectivity index (χ1v) is 8.25. The molecule has 0 spiro atoms. The second kappa shape index (κ2) is 6.58. The van der Waals surface area contributed by atoms with Gasteiger partial charge < -0.3 is 10.0 Å². The van der Waals surface area contributed by atoms with Gasteiger partial charge in [0.05, 0.1) is 17.1 Å². The van der Waals surface area contributed by atoms with Crippen LogP contribution in [0.4, 0.5) is 0 Å². The number of hydrogen-bond donors (Lipinski definition) is 1. The molecule has 1 aliphatic rings. The maximum absolute atomic E-state index is 12.6. The third kappa shape index (κ3) is 3.03. The number of fused-ring (bicyclic) bond motifs is 1. The molecule has 124 valence electrons. The van der Waals surface area contributed by atoms with Crippen molar-refractivity contribution in [2.45, 2.75) is 45.4 Å². The number of rotatable bonds is 5. The second-order valence-electron chi connectivity index (χ2n) is 6.11. The summed E-state index contributed by atoms with van der Waals surface area (Å²) in [5.41, 5.74) is 1.74. The van der Waals surface area contributed by atoms with Crippen LogP contribution in [0.15, 0.2) is 29.1 Å². The van der Waals surface area contributed by atoms with Gasteiger partial charge in [0, 0.05) is 32.6 Å². The summed E-state index contributed by atoms with van der Waals surface area (Å²) in [6.45, 7) is 4.11. The fraction of sp³-hybridized carbons (Fsp3) is 0.529. The fourth-order valence-corrected chi connectivity index (χ4v) is 3.26. The fourth-order valence-electron chi connectivity index (χ4n) is 3.26. The summed E-state index contributed by atoms with van der Waals surface area (Å²) in [7, 11) is 0. The van der Waals surface area contributed by atoms with Crippen molar-refractivity contribution in [1.29, 1.82) is 0 Å². The molecular weight excluding hydrogens is 294 g/mol. The molecule has 3 rings (SSSR count). The van der Waals surface area contributed by atoms with E-state index in [4.69, 9.17) is 0 Å². The number of hydrogen-bond acceptors (Lipinski definition) is 3. The van der Waals surface area contributed by atoms with Crippen LogP contribution in [-0.2, 0) is 17.9 Å². The molecule has 0 aliphatic carbocycles. The lowest BCUT2D eigenvalue weighted by atomic mass is 10.3. The Morgan fingerprint density at radius 1 is 1.22 bits per heavy atom. The summed E-state index contributed by atoms with van der Waals surface area (Å²) in [6.07, 6.45) is 1.40. The Bertz CT molecular complexity index is 762. The van der Waals surface area contributed by atoms with Crippen LogP contribution >= 0.6 is 0 Å². The summed E-state index contributed by atoms with van der Waals surface area (Å²) in [5, 5.41) is 9.53. The highest BCUT2D eigenvalue weighted by molar-refractivity contribution is 5.78. The number of nitrogens with zero attached hydrogens (tertiary/aromatic N) is 3. The number of carbonyl (C=O) groups excluding carboxylic acids is 1. The van der Waals surface area contributed by atoms with Crippen molar-refractivity contribution in [2.75, 3.05) is 13.1 Å². The van der Waals surface area contributed by atoms with Gasteiger partial charge in [-0.1, -0.05) is 19.1 Å². The van der Waals surface area contributed by atoms with Gasteiger partial charge in [0.2, 0.25) is 5.91 Å². The molecule has 1 aromatic carbocycles. The number of imidazole rings is 1. The molecule has 1 fully saturated rings. The Morgan fingerprint density at radius 2 is 1.87 bits per heavy atom. The zero-order valence-corrected chi connectivity index (χ0v) is 13.4. The summed E-state index contributed by atoms with van der Waals surface area (Å²) >= 11 is 0. The van der Waals surface area contributed by atoms with Crippen LogP contribution in [-0.4, -0.2) is 44.2 Å². The average Bonchev–Trinajstić information content (AvgIpc) is 3.09. The van der Waals surface area contributed by atoms with Crippen molar-refractivity contribution in [1.82, 2.24) is 14.0 Å². The van der Waals surface area contributed by atoms with E-state index in [2.05, 4.69) is 0 Å². The number of β-amino-alcohol motifs (C(OH)–C–C–N with tert-alkyl or cyclic N) is 1. The minimum absolute atomic E-state index is 0.000715. The Hall–Kier alpha value is -2.08. The van der Waals surface area contributed by atoms with Crippen LogP contribution in [0.3, 0.4) is 0 Å². The predicted octanol–water partition coefficient (Wildman–Crippen LogP) is 1.20. The van der Waals surface area contributed by atoms with E-state index in [-0.39, 0.29) is 18.0 Å². The van der Waals surface area contributed by atoms with Crippen LogP contribution in [0.25, 0.3) is 11.0 Å². The molecule has 1 N–H and O–H groups in total. The molecule has 1 aromatic heterocycles. The van der Waals surface area contributed by atoms with Gasteiger partial charge in [0.25, 0.3) is 0 Å². The monoisotopic (exact) mass is 317 g/mol. The molecule has 0 unspecified atom stereocenters. The number of carbonyl (C=O) groups is 1. The SMILES string of the molecule is CCCn1c(=O)n(CCC(=O)N2CC[C@@H](O)C2)c2ccccc21. The third-order valence-corrected chi connectivity index (χ3v) is 4.44. The molecule has 23 heavy (non-hydrogen) atoms. The number of aromatic nitrogens is 2. The molecule has 2 heterocycles. The maximum Gasteiger partial charge on any atom is 0.329 e. The highest BCUT2D eigenvalue weighted by atomic mass is 16.3. The van der Waals surface area contributed by atoms with E-state index in [9.17, 15) is 14.7 Å². The van der Waals surface area contributed by atoms with Crippen molar-refractivity contribution in [3.05, 3.63) is 34.7 Å². The molecule has 1 aliphatic heterocycles. The Labute approximate surface area is 134 Å². The molecule has 0 saturated carbocycles. The minimum Gasteiger partial charge on any atom is -0.391 e. The molecule has 0 bridgehead atoms. The van der Waals surface area contributed by atoms with Gasteiger partial charge >= 0.3 is 5.69 Å². The molecule has 1 amide bonds. The number of amides is 1. The number of para-hydroxylation sites is 2. The summed E-state index contributed by atoms with van der Waals surface area (Å²) < 4.78 is 3.47. The Balaban J connectivity index is 1.81. The first-order valence-electron chi connectivity index (χ1n) is 8.25. The quantitative estimate of drug-likeness (QED) is 0.901. The van der Waals surface area contributed by atoms with Crippen molar-refractivity contribution >= 4 is 16.9 Å². The maximum atomic E-state index is 12.6. The standard InChI is InChI=1S/C17H23N3O3/c1-2-9-19-14-5-3-4-6-15(14)20(17(19)23)11-8-16(22)18-10-7-13(21)12-18/h3-6,13,21H,2,7-12H2,1H3/t13-/m1/s1. The molecule has 6 nitrogen and oxygen atoms in total. The summed E-state index contributed by atoms with van der Waals surface area (Å²) in [4.78, 5) is 26.5. The van der Waals surface area contributed by atoms with Crippen molar-refractivity contribution in [2.24, 2.45) is 0 Å². The molecular formula is C17H23N3O3. The lowest BCUT2D eigenvalue weighted by molar-refractivity contribution is -0.130. The van der Waals surface area contributed by atoms with Crippen LogP contribution in [0.2, 0.25) is 0 Å². The number of likely N-dealkylation sites (tertiary alicyclic amines) is 1. The Morgan fingerprint density at radius 3 is 2.43 bits per heavy atom. The largest absolute Gasteiger partial charge is 0.391 e. The highest BCUT2D eigenvalue weighted by Crippen LogP contribution is 2.15. The second-order valence-corrected chi connectivity index (χ2v) is 6.11. The summed E-state index contributed by atoms with van der Waals surface area (Å²) in [6, 6.07) is 7.71. The average molecular weight is 317 g/mol. The molecule has 1 atom stereocenters. The van der Waals surface area contributed by atoms with Crippen molar-refractivity contribution in [3.63, 3.8) is 0 Å². The summed E-state index contributed by atoms with van der Waals surface area (Å²) in [5.74, 6) is 0.000715. The minimum atomic E-state index is -0.409. The normalized spacial score (nSPS) is 18.0. The lowest BCUT2D eigenvalue weighted by Gasteiger charge is -2.15. The first kappa shape index (κ1) is 15.8. The zero-order valence-electron chi connectivity index (χ0n) is 13.4. The van der Waals surface area contributed by atoms with Crippen LogP contribution in [0, 0.1) is 0 Å². The smallest absolute Gasteiger partial charge is 0.329 e. The van der Waals surface area contributed by atoms with Gasteiger partial charge in [-0.2, -0.15) is 0 Å². The topological polar surface area (TPSA) is 67.5 Å². The van der Waals surface area contributed by atoms with E-state index in [1.54, 1.807) is 14.0 Å². The lowest BCUT2D eigenvalue weighted by Crippen LogP contribution is -2.32. The van der Waals surface area contributed by atoms with Gasteiger partial charge in [0.1, 0.15) is 0 Å². The van der Waals surface area contributed by atoms with E-state index in [0.717, 1.165) is 17.5 Å². The van der Waals surface area contributed by atoms with Crippen LogP contribution in [0.1, 0.15) is 26.2 Å².